The smallest absolute Gasteiger partial charge is 0.144 e. The van der Waals surface area contributed by atoms with Crippen molar-refractivity contribution in [3.05, 3.63) is 255 Å². The third kappa shape index (κ3) is 6.88. The van der Waals surface area contributed by atoms with Gasteiger partial charge < -0.3 is 26.5 Å². The van der Waals surface area contributed by atoms with Crippen LogP contribution in [-0.2, 0) is 0 Å². The van der Waals surface area contributed by atoms with E-state index < -0.39 is 16.1 Å². The predicted octanol–water partition coefficient (Wildman–Crippen LogP) is 23.0. The van der Waals surface area contributed by atoms with Gasteiger partial charge in [0.2, 0.25) is 0 Å². The third-order valence-corrected chi connectivity index (χ3v) is 29.0. The molecule has 0 bridgehead atoms. The van der Waals surface area contributed by atoms with Crippen LogP contribution in [0.4, 0.5) is 0 Å². The Bertz CT molecular complexity index is 6880. The molecule has 0 aliphatic carbocycles. The summed E-state index contributed by atoms with van der Waals surface area (Å²) in [7, 11) is -4.90. The van der Waals surface area contributed by atoms with Crippen molar-refractivity contribution in [2.75, 3.05) is 0 Å². The molecular formula is C88H54O6Si2. The summed E-state index contributed by atoms with van der Waals surface area (Å²) in [6.45, 7) is 10.3. The summed E-state index contributed by atoms with van der Waals surface area (Å²) >= 11 is 0. The van der Waals surface area contributed by atoms with Crippen LogP contribution in [0.5, 0.6) is 0 Å². The van der Waals surface area contributed by atoms with Crippen LogP contribution < -0.4 is 20.7 Å². The van der Waals surface area contributed by atoms with Crippen LogP contribution in [0.15, 0.2) is 281 Å². The molecule has 2 aliphatic rings. The highest BCUT2D eigenvalue weighted by molar-refractivity contribution is 7.13. The van der Waals surface area contributed by atoms with Crippen LogP contribution in [0.2, 0.25) is 26.2 Å². The summed E-state index contributed by atoms with van der Waals surface area (Å²) in [4.78, 5) is 0. The van der Waals surface area contributed by atoms with Crippen molar-refractivity contribution in [3.8, 4) is 77.9 Å². The van der Waals surface area contributed by atoms with Gasteiger partial charge in [0.05, 0.1) is 0 Å². The molecule has 0 unspecified atom stereocenters. The number of benzene rings is 14. The molecule has 0 spiro atoms. The average molecular weight is 1260 g/mol. The maximum atomic E-state index is 7.25. The van der Waals surface area contributed by atoms with Crippen molar-refractivity contribution in [2.24, 2.45) is 0 Å². The minimum absolute atomic E-state index is 0.769. The van der Waals surface area contributed by atoms with Gasteiger partial charge in [0, 0.05) is 86.9 Å². The Labute approximate surface area is 550 Å². The fraction of sp³-hybridized carbons (Fsp3) is 0.0455. The summed E-state index contributed by atoms with van der Waals surface area (Å²) in [5.41, 5.74) is 26.4. The SMILES string of the molecule is C[Si]1(C)c2cc(-c3ccccc3)c3c(oc4ccccc43)c2-c2ccc3c(c21)[Si](C)(C)c1cc(-c2cccc(-c4cccc(-c5cc6oc7cc8c(cc7c6c6c5oc5ccccc56)oc5cc(-c6ccccc6)c6oc7ccccc7c6c58)c4)c2)c2c(oc4ccccc42)c1-3. The predicted molar refractivity (Wildman–Crippen MR) is 402 cm³/mol. The van der Waals surface area contributed by atoms with Crippen LogP contribution in [0, 0.1) is 0 Å². The Morgan fingerprint density at radius 2 is 0.552 bits per heavy atom. The van der Waals surface area contributed by atoms with E-state index in [2.05, 4.69) is 257 Å². The number of para-hydroxylation sites is 4. The lowest BCUT2D eigenvalue weighted by Crippen LogP contribution is -2.63. The van der Waals surface area contributed by atoms with Crippen molar-refractivity contribution >= 4 is 169 Å². The van der Waals surface area contributed by atoms with Gasteiger partial charge in [-0.2, -0.15) is 0 Å². The highest BCUT2D eigenvalue weighted by atomic mass is 28.3. The van der Waals surface area contributed by atoms with E-state index in [1.807, 2.05) is 24.3 Å². The quantitative estimate of drug-likeness (QED) is 0.160. The topological polar surface area (TPSA) is 78.8 Å². The van der Waals surface area contributed by atoms with Crippen molar-refractivity contribution in [1.82, 2.24) is 0 Å². The molecule has 8 heterocycles. The van der Waals surface area contributed by atoms with Crippen LogP contribution in [0.1, 0.15) is 0 Å². The molecule has 22 rings (SSSR count). The van der Waals surface area contributed by atoms with Crippen molar-refractivity contribution in [1.29, 1.82) is 0 Å². The molecule has 450 valence electrons. The summed E-state index contributed by atoms with van der Waals surface area (Å²) in [6.07, 6.45) is 0. The molecule has 0 atom stereocenters. The standard InChI is InChI=1S/C88H54O6Si2/c1-95(2)73-45-59(47-21-7-5-8-22-47)75-53-29-11-15-33-65(53)93-85(75)79(73)57-37-38-58-80-74(96(3,4)88(58)87(57)95)46-60(76-54-30-12-16-34-66(54)94-86(76)80)51-27-19-25-49(39-51)50-26-20-28-52(40-50)62-42-72-78(82-56-32-14-18-36-68(56)92-84(62)82)64-44-69-63(43-70(64)90-72)77-71(89-69)41-61(48-23-9-6-10-24-48)83-81(77)55-31-13-17-35-67(55)91-83/h5-46H,1-4H3. The largest absolute Gasteiger partial charge is 0.456 e. The van der Waals surface area contributed by atoms with Gasteiger partial charge in [-0.25, -0.2) is 0 Å². The van der Waals surface area contributed by atoms with Gasteiger partial charge in [0.15, 0.2) is 0 Å². The molecule has 6 aromatic heterocycles. The maximum absolute atomic E-state index is 7.25. The van der Waals surface area contributed by atoms with Crippen LogP contribution in [-0.4, -0.2) is 16.1 Å². The fourth-order valence-corrected chi connectivity index (χ4v) is 26.0. The van der Waals surface area contributed by atoms with E-state index in [0.29, 0.717) is 0 Å². The number of furan rings is 6. The Morgan fingerprint density at radius 3 is 1.00 bits per heavy atom. The lowest BCUT2D eigenvalue weighted by atomic mass is 9.91. The van der Waals surface area contributed by atoms with E-state index in [-0.39, 0.29) is 0 Å². The van der Waals surface area contributed by atoms with Gasteiger partial charge in [-0.3, -0.25) is 0 Å². The number of rotatable bonds is 5. The second kappa shape index (κ2) is 18.6. The summed E-state index contributed by atoms with van der Waals surface area (Å²) in [6, 6.07) is 91.8. The van der Waals surface area contributed by atoms with E-state index in [1.165, 1.54) is 54.7 Å². The molecule has 0 saturated carbocycles. The first kappa shape index (κ1) is 52.8. The van der Waals surface area contributed by atoms with Gasteiger partial charge in [-0.15, -0.1) is 0 Å². The van der Waals surface area contributed by atoms with E-state index in [9.17, 15) is 0 Å². The zero-order valence-electron chi connectivity index (χ0n) is 52.7. The first-order valence-electron chi connectivity index (χ1n) is 33.1. The van der Waals surface area contributed by atoms with Crippen LogP contribution in [0.3, 0.4) is 0 Å². The van der Waals surface area contributed by atoms with Gasteiger partial charge >= 0.3 is 0 Å². The fourth-order valence-electron chi connectivity index (χ4n) is 17.6. The lowest BCUT2D eigenvalue weighted by Gasteiger charge is -2.28. The molecule has 0 saturated heterocycles. The summed E-state index contributed by atoms with van der Waals surface area (Å²) in [5, 5.41) is 18.6. The van der Waals surface area contributed by atoms with E-state index in [4.69, 9.17) is 26.5 Å². The minimum atomic E-state index is -2.49. The first-order chi connectivity index (χ1) is 47.1. The molecule has 2 aliphatic heterocycles. The Hall–Kier alpha value is -11.7. The zero-order chi connectivity index (χ0) is 63.2. The number of hydrogen-bond acceptors (Lipinski definition) is 6. The average Bonchev–Trinajstić information content (AvgIpc) is 1.51. The Balaban J connectivity index is 0.694. The second-order valence-corrected chi connectivity index (χ2v) is 36.2. The normalized spacial score (nSPS) is 14.0. The molecule has 8 heteroatoms. The number of hydrogen-bond donors (Lipinski definition) is 0. The molecular weight excluding hydrogens is 1210 g/mol. The highest BCUT2D eigenvalue weighted by Crippen LogP contribution is 2.52. The zero-order valence-corrected chi connectivity index (χ0v) is 54.7. The molecule has 14 aromatic carbocycles. The van der Waals surface area contributed by atoms with Gasteiger partial charge in [0.25, 0.3) is 0 Å². The minimum Gasteiger partial charge on any atom is -0.456 e. The van der Waals surface area contributed by atoms with Crippen molar-refractivity contribution in [3.63, 3.8) is 0 Å². The second-order valence-electron chi connectivity index (χ2n) is 27.6. The molecule has 0 radical (unpaired) electrons. The maximum Gasteiger partial charge on any atom is 0.144 e. The molecule has 96 heavy (non-hydrogen) atoms. The molecule has 0 fully saturated rings. The van der Waals surface area contributed by atoms with E-state index in [1.54, 1.807) is 10.4 Å². The Kier molecular flexibility index (Phi) is 10.2. The van der Waals surface area contributed by atoms with Gasteiger partial charge in [-0.05, 0) is 137 Å². The molecule has 0 N–H and O–H groups in total. The third-order valence-electron chi connectivity index (χ3n) is 21.8. The van der Waals surface area contributed by atoms with Crippen LogP contribution in [0.25, 0.3) is 210 Å². The van der Waals surface area contributed by atoms with Gasteiger partial charge in [0.1, 0.15) is 83.1 Å². The van der Waals surface area contributed by atoms with E-state index in [0.717, 1.165) is 165 Å². The molecule has 0 amide bonds. The molecule has 20 aromatic rings. The van der Waals surface area contributed by atoms with Crippen molar-refractivity contribution in [2.45, 2.75) is 26.2 Å². The monoisotopic (exact) mass is 1260 g/mol. The first-order valence-corrected chi connectivity index (χ1v) is 39.1. The summed E-state index contributed by atoms with van der Waals surface area (Å²) < 4.78 is 42.2. The van der Waals surface area contributed by atoms with Crippen LogP contribution >= 0.6 is 0 Å². The highest BCUT2D eigenvalue weighted by Gasteiger charge is 2.50. The number of fused-ring (bicyclic) bond motifs is 29. The molecule has 6 nitrogen and oxygen atoms in total. The van der Waals surface area contributed by atoms with Crippen molar-refractivity contribution < 1.29 is 26.5 Å². The summed E-state index contributed by atoms with van der Waals surface area (Å²) in [5.74, 6) is 0. The Morgan fingerprint density at radius 1 is 0.208 bits per heavy atom. The van der Waals surface area contributed by atoms with Gasteiger partial charge in [-0.1, -0.05) is 220 Å². The van der Waals surface area contributed by atoms with E-state index >= 15 is 0 Å². The lowest BCUT2D eigenvalue weighted by molar-refractivity contribution is 0.661.